The van der Waals surface area contributed by atoms with Gasteiger partial charge in [-0.25, -0.2) is 0 Å². The molecular formula is C20H23N5OS. The first-order valence-electron chi connectivity index (χ1n) is 8.93. The molecule has 1 N–H and O–H groups in total. The van der Waals surface area contributed by atoms with Crippen LogP contribution in [0.15, 0.2) is 53.7 Å². The van der Waals surface area contributed by atoms with Gasteiger partial charge in [0.05, 0.1) is 11.4 Å². The van der Waals surface area contributed by atoms with Gasteiger partial charge in [0.25, 0.3) is 0 Å². The van der Waals surface area contributed by atoms with E-state index >= 15 is 0 Å². The lowest BCUT2D eigenvalue weighted by Crippen LogP contribution is -2.26. The summed E-state index contributed by atoms with van der Waals surface area (Å²) in [6.45, 7) is 4.71. The summed E-state index contributed by atoms with van der Waals surface area (Å²) in [7, 11) is 0. The summed E-state index contributed by atoms with van der Waals surface area (Å²) < 4.78 is 1.69. The number of aromatic nitrogens is 4. The number of rotatable bonds is 8. The fourth-order valence-electron chi connectivity index (χ4n) is 2.71. The van der Waals surface area contributed by atoms with Gasteiger partial charge < -0.3 is 5.32 Å². The van der Waals surface area contributed by atoms with Crippen LogP contribution in [0.5, 0.6) is 0 Å². The predicted molar refractivity (Wildman–Crippen MR) is 107 cm³/mol. The Morgan fingerprint density at radius 2 is 1.96 bits per heavy atom. The van der Waals surface area contributed by atoms with E-state index in [-0.39, 0.29) is 11.7 Å². The number of hydrogen-bond donors (Lipinski definition) is 1. The number of nitrogens with zero attached hydrogens (tertiary/aromatic N) is 4. The predicted octanol–water partition coefficient (Wildman–Crippen LogP) is 3.12. The Balaban J connectivity index is 1.48. The first kappa shape index (κ1) is 19.1. The van der Waals surface area contributed by atoms with Gasteiger partial charge in [-0.05, 0) is 59.9 Å². The Labute approximate surface area is 163 Å². The molecule has 0 aliphatic carbocycles. The van der Waals surface area contributed by atoms with Gasteiger partial charge in [0.15, 0.2) is 0 Å². The average molecular weight is 382 g/mol. The number of aryl methyl sites for hydroxylation is 3. The maximum atomic E-state index is 12.1. The van der Waals surface area contributed by atoms with Crippen molar-refractivity contribution >= 4 is 17.7 Å². The van der Waals surface area contributed by atoms with E-state index in [2.05, 4.69) is 39.0 Å². The Hall–Kier alpha value is -2.67. The molecule has 3 rings (SSSR count). The minimum atomic E-state index is -0.0106. The van der Waals surface area contributed by atoms with Gasteiger partial charge in [0.1, 0.15) is 0 Å². The largest absolute Gasteiger partial charge is 0.355 e. The topological polar surface area (TPSA) is 72.7 Å². The molecule has 1 heterocycles. The van der Waals surface area contributed by atoms with Gasteiger partial charge >= 0.3 is 0 Å². The second kappa shape index (κ2) is 9.32. The fraction of sp³-hybridized carbons (Fsp3) is 0.300. The highest BCUT2D eigenvalue weighted by Gasteiger charge is 2.13. The Morgan fingerprint density at radius 1 is 1.15 bits per heavy atom. The van der Waals surface area contributed by atoms with Crippen molar-refractivity contribution in [2.75, 3.05) is 12.3 Å². The van der Waals surface area contributed by atoms with E-state index in [1.807, 2.05) is 44.2 Å². The molecule has 0 radical (unpaired) electrons. The normalized spacial score (nSPS) is 10.7. The molecular weight excluding hydrogens is 358 g/mol. The summed E-state index contributed by atoms with van der Waals surface area (Å²) in [6, 6.07) is 16.4. The second-order valence-corrected chi connectivity index (χ2v) is 7.33. The average Bonchev–Trinajstić information content (AvgIpc) is 3.15. The number of carbonyl (C=O) groups is 1. The third kappa shape index (κ3) is 5.40. The van der Waals surface area contributed by atoms with Crippen molar-refractivity contribution in [2.24, 2.45) is 0 Å². The summed E-state index contributed by atoms with van der Waals surface area (Å²) >= 11 is 1.34. The van der Waals surface area contributed by atoms with E-state index in [4.69, 9.17) is 0 Å². The molecule has 0 aliphatic rings. The number of carbonyl (C=O) groups excluding carboxylic acids is 1. The molecule has 140 valence electrons. The smallest absolute Gasteiger partial charge is 0.230 e. The molecule has 6 nitrogen and oxygen atoms in total. The molecule has 0 fully saturated rings. The van der Waals surface area contributed by atoms with Gasteiger partial charge in [0.2, 0.25) is 11.1 Å². The number of tetrazole rings is 1. The molecule has 27 heavy (non-hydrogen) atoms. The fourth-order valence-corrected chi connectivity index (χ4v) is 3.43. The molecule has 1 aromatic heterocycles. The minimum absolute atomic E-state index is 0.0106. The summed E-state index contributed by atoms with van der Waals surface area (Å²) in [5, 5.41) is 15.5. The monoisotopic (exact) mass is 381 g/mol. The van der Waals surface area contributed by atoms with E-state index in [9.17, 15) is 4.79 Å². The molecule has 0 spiro atoms. The van der Waals surface area contributed by atoms with Crippen LogP contribution in [-0.4, -0.2) is 38.4 Å². The number of hydrogen-bond acceptors (Lipinski definition) is 5. The zero-order valence-corrected chi connectivity index (χ0v) is 16.4. The van der Waals surface area contributed by atoms with E-state index < -0.39 is 0 Å². The standard InChI is InChI=1S/C20H23N5OS/c1-15-10-11-16(2)18(13-15)25-20(22-23-24-25)27-14-19(26)21-12-6-9-17-7-4-3-5-8-17/h3-5,7-8,10-11,13H,6,9,12,14H2,1-2H3,(H,21,26). The van der Waals surface area contributed by atoms with E-state index in [0.717, 1.165) is 29.7 Å². The summed E-state index contributed by atoms with van der Waals surface area (Å²) in [6.07, 6.45) is 1.87. The van der Waals surface area contributed by atoms with Gasteiger partial charge in [-0.3, -0.25) is 4.79 Å². The molecule has 7 heteroatoms. The molecule has 0 unspecified atom stereocenters. The Bertz CT molecular complexity index is 894. The van der Waals surface area contributed by atoms with Crippen molar-refractivity contribution in [3.63, 3.8) is 0 Å². The molecule has 1 amide bonds. The third-order valence-corrected chi connectivity index (χ3v) is 5.09. The number of thioether (sulfide) groups is 1. The maximum absolute atomic E-state index is 12.1. The molecule has 0 atom stereocenters. The first-order valence-corrected chi connectivity index (χ1v) is 9.91. The van der Waals surface area contributed by atoms with Crippen LogP contribution in [0.4, 0.5) is 0 Å². The van der Waals surface area contributed by atoms with Crippen LogP contribution in [0, 0.1) is 13.8 Å². The lowest BCUT2D eigenvalue weighted by atomic mass is 10.1. The van der Waals surface area contributed by atoms with Crippen LogP contribution in [0.25, 0.3) is 5.69 Å². The second-order valence-electron chi connectivity index (χ2n) is 6.39. The first-order chi connectivity index (χ1) is 13.1. The molecule has 0 aliphatic heterocycles. The lowest BCUT2D eigenvalue weighted by molar-refractivity contribution is -0.118. The highest BCUT2D eigenvalue weighted by atomic mass is 32.2. The quantitative estimate of drug-likeness (QED) is 0.479. The van der Waals surface area contributed by atoms with Gasteiger partial charge in [-0.2, -0.15) is 4.68 Å². The molecule has 0 saturated heterocycles. The summed E-state index contributed by atoms with van der Waals surface area (Å²) in [4.78, 5) is 12.1. The van der Waals surface area contributed by atoms with Crippen molar-refractivity contribution in [1.29, 1.82) is 0 Å². The third-order valence-electron chi connectivity index (χ3n) is 4.17. The number of amides is 1. The summed E-state index contributed by atoms with van der Waals surface area (Å²) in [5.74, 6) is 0.278. The maximum Gasteiger partial charge on any atom is 0.230 e. The van der Waals surface area contributed by atoms with Gasteiger partial charge in [0, 0.05) is 6.54 Å². The molecule has 2 aromatic carbocycles. The highest BCUT2D eigenvalue weighted by molar-refractivity contribution is 7.99. The number of benzene rings is 2. The van der Waals surface area contributed by atoms with Crippen molar-refractivity contribution in [1.82, 2.24) is 25.5 Å². The van der Waals surface area contributed by atoms with E-state index in [0.29, 0.717) is 11.7 Å². The Kier molecular flexibility index (Phi) is 6.59. The van der Waals surface area contributed by atoms with Crippen LogP contribution in [-0.2, 0) is 11.2 Å². The zero-order chi connectivity index (χ0) is 19.1. The minimum Gasteiger partial charge on any atom is -0.355 e. The van der Waals surface area contributed by atoms with Gasteiger partial charge in [-0.1, -0.05) is 54.2 Å². The van der Waals surface area contributed by atoms with E-state index in [1.54, 1.807) is 4.68 Å². The van der Waals surface area contributed by atoms with Crippen molar-refractivity contribution in [2.45, 2.75) is 31.8 Å². The lowest BCUT2D eigenvalue weighted by Gasteiger charge is -2.09. The van der Waals surface area contributed by atoms with Crippen LogP contribution in [0.2, 0.25) is 0 Å². The van der Waals surface area contributed by atoms with Crippen LogP contribution in [0.1, 0.15) is 23.1 Å². The van der Waals surface area contributed by atoms with Crippen molar-refractivity contribution < 1.29 is 4.79 Å². The molecule has 3 aromatic rings. The van der Waals surface area contributed by atoms with Crippen LogP contribution < -0.4 is 5.32 Å². The van der Waals surface area contributed by atoms with Crippen LogP contribution >= 0.6 is 11.8 Å². The molecule has 0 bridgehead atoms. The van der Waals surface area contributed by atoms with E-state index in [1.165, 1.54) is 17.3 Å². The van der Waals surface area contributed by atoms with Crippen molar-refractivity contribution in [3.05, 3.63) is 65.2 Å². The Morgan fingerprint density at radius 3 is 2.78 bits per heavy atom. The SMILES string of the molecule is Cc1ccc(C)c(-n2nnnc2SCC(=O)NCCCc2ccccc2)c1. The molecule has 0 saturated carbocycles. The summed E-state index contributed by atoms with van der Waals surface area (Å²) in [5.41, 5.74) is 4.44. The zero-order valence-electron chi connectivity index (χ0n) is 15.6. The highest BCUT2D eigenvalue weighted by Crippen LogP contribution is 2.21. The number of nitrogens with one attached hydrogen (secondary N) is 1. The van der Waals surface area contributed by atoms with Crippen molar-refractivity contribution in [3.8, 4) is 5.69 Å². The van der Waals surface area contributed by atoms with Gasteiger partial charge in [-0.15, -0.1) is 5.10 Å². The van der Waals surface area contributed by atoms with Crippen LogP contribution in [0.3, 0.4) is 0 Å².